The normalized spacial score (nSPS) is 15.2. The summed E-state index contributed by atoms with van der Waals surface area (Å²) in [6.07, 6.45) is 0.549. The van der Waals surface area contributed by atoms with Gasteiger partial charge in [-0.15, -0.1) is 0 Å². The highest BCUT2D eigenvalue weighted by atomic mass is 16.5. The Balaban J connectivity index is 3.27. The summed E-state index contributed by atoms with van der Waals surface area (Å²) in [6, 6.07) is 2.00. The summed E-state index contributed by atoms with van der Waals surface area (Å²) in [4.78, 5) is 0. The van der Waals surface area contributed by atoms with Crippen LogP contribution in [0.25, 0.3) is 0 Å². The molecular formula is C8H16N2O2. The highest BCUT2D eigenvalue weighted by Gasteiger charge is 2.15. The predicted octanol–water partition coefficient (Wildman–Crippen LogP) is 0.280. The second-order valence-corrected chi connectivity index (χ2v) is 2.88. The molecule has 0 aliphatic carbocycles. The van der Waals surface area contributed by atoms with E-state index >= 15 is 0 Å². The van der Waals surface area contributed by atoms with Gasteiger partial charge in [-0.05, 0) is 6.92 Å². The van der Waals surface area contributed by atoms with Gasteiger partial charge in [0, 0.05) is 20.1 Å². The van der Waals surface area contributed by atoms with Gasteiger partial charge in [-0.3, -0.25) is 0 Å². The van der Waals surface area contributed by atoms with E-state index in [1.54, 1.807) is 14.0 Å². The van der Waals surface area contributed by atoms with Crippen molar-refractivity contribution in [1.29, 1.82) is 5.26 Å². The first-order valence-corrected chi connectivity index (χ1v) is 3.89. The van der Waals surface area contributed by atoms with Crippen LogP contribution in [-0.2, 0) is 9.47 Å². The SMILES string of the molecule is COCCOCCC(C)(N)C#N. The minimum absolute atomic E-state index is 0.504. The third-order valence-corrected chi connectivity index (χ3v) is 1.45. The second-order valence-electron chi connectivity index (χ2n) is 2.88. The standard InChI is InChI=1S/C8H16N2O2/c1-8(10,7-9)3-4-12-6-5-11-2/h3-6,10H2,1-2H3. The Morgan fingerprint density at radius 3 is 2.58 bits per heavy atom. The van der Waals surface area contributed by atoms with Crippen LogP contribution in [0.15, 0.2) is 0 Å². The molecule has 1 atom stereocenters. The Morgan fingerprint density at radius 1 is 1.42 bits per heavy atom. The van der Waals surface area contributed by atoms with Crippen LogP contribution in [0.3, 0.4) is 0 Å². The number of hydrogen-bond acceptors (Lipinski definition) is 4. The molecule has 0 radical (unpaired) electrons. The van der Waals surface area contributed by atoms with E-state index in [9.17, 15) is 0 Å². The van der Waals surface area contributed by atoms with E-state index in [0.29, 0.717) is 26.2 Å². The van der Waals surface area contributed by atoms with E-state index in [-0.39, 0.29) is 0 Å². The van der Waals surface area contributed by atoms with Gasteiger partial charge in [0.15, 0.2) is 0 Å². The van der Waals surface area contributed by atoms with Crippen molar-refractivity contribution in [2.75, 3.05) is 26.9 Å². The van der Waals surface area contributed by atoms with Gasteiger partial charge >= 0.3 is 0 Å². The van der Waals surface area contributed by atoms with Crippen molar-refractivity contribution in [2.45, 2.75) is 18.9 Å². The molecule has 0 spiro atoms. The molecule has 12 heavy (non-hydrogen) atoms. The number of hydrogen-bond donors (Lipinski definition) is 1. The lowest BCUT2D eigenvalue weighted by Gasteiger charge is -2.14. The molecule has 0 aromatic heterocycles. The van der Waals surface area contributed by atoms with Crippen molar-refractivity contribution in [3.8, 4) is 6.07 Å². The fraction of sp³-hybridized carbons (Fsp3) is 0.875. The molecule has 0 rings (SSSR count). The van der Waals surface area contributed by atoms with Crippen LogP contribution in [0.1, 0.15) is 13.3 Å². The molecule has 0 aliphatic heterocycles. The second kappa shape index (κ2) is 5.95. The third-order valence-electron chi connectivity index (χ3n) is 1.45. The Labute approximate surface area is 73.3 Å². The first-order valence-electron chi connectivity index (χ1n) is 3.89. The molecule has 4 heteroatoms. The predicted molar refractivity (Wildman–Crippen MR) is 45.5 cm³/mol. The number of rotatable bonds is 6. The fourth-order valence-electron chi connectivity index (χ4n) is 0.584. The first kappa shape index (κ1) is 11.4. The van der Waals surface area contributed by atoms with Crippen LogP contribution >= 0.6 is 0 Å². The van der Waals surface area contributed by atoms with Crippen LogP contribution in [0.5, 0.6) is 0 Å². The molecular weight excluding hydrogens is 156 g/mol. The number of methoxy groups -OCH3 is 1. The summed E-state index contributed by atoms with van der Waals surface area (Å²) < 4.78 is 9.93. The first-order chi connectivity index (χ1) is 5.62. The monoisotopic (exact) mass is 172 g/mol. The summed E-state index contributed by atoms with van der Waals surface area (Å²) in [5.41, 5.74) is 4.79. The van der Waals surface area contributed by atoms with Crippen LogP contribution < -0.4 is 5.73 Å². The molecule has 0 aromatic rings. The molecule has 0 bridgehead atoms. The molecule has 4 nitrogen and oxygen atoms in total. The van der Waals surface area contributed by atoms with Crippen molar-refractivity contribution < 1.29 is 9.47 Å². The third kappa shape index (κ3) is 6.10. The van der Waals surface area contributed by atoms with E-state index in [2.05, 4.69) is 0 Å². The van der Waals surface area contributed by atoms with Gasteiger partial charge in [-0.2, -0.15) is 5.26 Å². The maximum atomic E-state index is 8.54. The summed E-state index contributed by atoms with van der Waals surface area (Å²) >= 11 is 0. The number of nitriles is 1. The number of nitrogens with zero attached hydrogens (tertiary/aromatic N) is 1. The number of nitrogens with two attached hydrogens (primary N) is 1. The Kier molecular flexibility index (Phi) is 5.64. The van der Waals surface area contributed by atoms with E-state index < -0.39 is 5.54 Å². The number of ether oxygens (including phenoxy) is 2. The highest BCUT2D eigenvalue weighted by molar-refractivity contribution is 5.00. The van der Waals surface area contributed by atoms with E-state index in [1.807, 2.05) is 6.07 Å². The van der Waals surface area contributed by atoms with Gasteiger partial charge in [-0.25, -0.2) is 0 Å². The van der Waals surface area contributed by atoms with Gasteiger partial charge in [0.25, 0.3) is 0 Å². The zero-order valence-electron chi connectivity index (χ0n) is 7.67. The Bertz CT molecular complexity index is 152. The van der Waals surface area contributed by atoms with Crippen LogP contribution in [0.4, 0.5) is 0 Å². The maximum Gasteiger partial charge on any atom is 0.103 e. The summed E-state index contributed by atoms with van der Waals surface area (Å²) in [5, 5.41) is 8.54. The summed E-state index contributed by atoms with van der Waals surface area (Å²) in [7, 11) is 1.62. The van der Waals surface area contributed by atoms with E-state index in [1.165, 1.54) is 0 Å². The molecule has 0 saturated heterocycles. The lowest BCUT2D eigenvalue weighted by atomic mass is 10.0. The molecule has 0 fully saturated rings. The lowest BCUT2D eigenvalue weighted by Crippen LogP contribution is -2.35. The van der Waals surface area contributed by atoms with Crippen molar-refractivity contribution in [1.82, 2.24) is 0 Å². The van der Waals surface area contributed by atoms with Crippen molar-refractivity contribution in [3.05, 3.63) is 0 Å². The fourth-order valence-corrected chi connectivity index (χ4v) is 0.584. The van der Waals surface area contributed by atoms with E-state index in [4.69, 9.17) is 20.5 Å². The maximum absolute atomic E-state index is 8.54. The smallest absolute Gasteiger partial charge is 0.103 e. The minimum Gasteiger partial charge on any atom is -0.382 e. The molecule has 0 heterocycles. The molecule has 70 valence electrons. The van der Waals surface area contributed by atoms with Gasteiger partial charge in [0.2, 0.25) is 0 Å². The van der Waals surface area contributed by atoms with Crippen molar-refractivity contribution in [2.24, 2.45) is 5.73 Å². The molecule has 0 amide bonds. The molecule has 2 N–H and O–H groups in total. The quantitative estimate of drug-likeness (QED) is 0.584. The van der Waals surface area contributed by atoms with Gasteiger partial charge in [0.05, 0.1) is 19.3 Å². The van der Waals surface area contributed by atoms with Crippen molar-refractivity contribution >= 4 is 0 Å². The molecule has 0 aromatic carbocycles. The molecule has 0 aliphatic rings. The average Bonchev–Trinajstić information content (AvgIpc) is 2.04. The van der Waals surface area contributed by atoms with Crippen molar-refractivity contribution in [3.63, 3.8) is 0 Å². The van der Waals surface area contributed by atoms with Crippen LogP contribution in [0.2, 0.25) is 0 Å². The zero-order valence-corrected chi connectivity index (χ0v) is 7.67. The molecule has 1 unspecified atom stereocenters. The Morgan fingerprint density at radius 2 is 2.08 bits per heavy atom. The molecule has 0 saturated carbocycles. The zero-order chi connectivity index (χ0) is 9.45. The van der Waals surface area contributed by atoms with Crippen LogP contribution in [0, 0.1) is 11.3 Å². The van der Waals surface area contributed by atoms with Gasteiger partial charge in [-0.1, -0.05) is 0 Å². The van der Waals surface area contributed by atoms with Gasteiger partial charge in [0.1, 0.15) is 5.54 Å². The van der Waals surface area contributed by atoms with Crippen LogP contribution in [-0.4, -0.2) is 32.5 Å². The highest BCUT2D eigenvalue weighted by Crippen LogP contribution is 2.02. The lowest BCUT2D eigenvalue weighted by molar-refractivity contribution is 0.0651. The summed E-state index contributed by atoms with van der Waals surface area (Å²) in [6.45, 7) is 3.32. The van der Waals surface area contributed by atoms with E-state index in [0.717, 1.165) is 0 Å². The largest absolute Gasteiger partial charge is 0.382 e. The average molecular weight is 172 g/mol. The van der Waals surface area contributed by atoms with Gasteiger partial charge < -0.3 is 15.2 Å². The Hall–Kier alpha value is -0.630. The summed E-state index contributed by atoms with van der Waals surface area (Å²) in [5.74, 6) is 0. The topological polar surface area (TPSA) is 68.3 Å². The minimum atomic E-state index is -0.771.